The summed E-state index contributed by atoms with van der Waals surface area (Å²) in [4.78, 5) is 9.62. The number of aliphatic hydroxyl groups excluding tert-OH is 1. The van der Waals surface area contributed by atoms with E-state index in [1.165, 1.54) is 6.92 Å². The number of aliphatic hydroxyl groups is 1. The molecule has 90 valence electrons. The first-order chi connectivity index (χ1) is 6.87. The van der Waals surface area contributed by atoms with Crippen LogP contribution in [-0.2, 0) is 17.4 Å². The fourth-order valence-electron chi connectivity index (χ4n) is 0.726. The number of rotatable bonds is 4. The molecule has 0 fully saturated rings. The molecule has 0 aliphatic heterocycles. The van der Waals surface area contributed by atoms with Crippen LogP contribution in [0.15, 0.2) is 0 Å². The van der Waals surface area contributed by atoms with Crippen LogP contribution >= 0.6 is 0 Å². The van der Waals surface area contributed by atoms with Crippen LogP contribution in [0.2, 0.25) is 6.55 Å². The number of hydrogen-bond acceptors (Lipinski definition) is 5. The minimum atomic E-state index is -2.25. The number of carbonyl (C=O) groups excluding carboxylic acids is 1. The normalized spacial score (nSPS) is 12.4. The van der Waals surface area contributed by atoms with Crippen molar-refractivity contribution in [1.29, 1.82) is 0 Å². The summed E-state index contributed by atoms with van der Waals surface area (Å²) < 4.78 is 14.5. The van der Waals surface area contributed by atoms with Crippen LogP contribution in [0.4, 0.5) is 0 Å². The highest BCUT2D eigenvalue weighted by Gasteiger charge is 2.36. The summed E-state index contributed by atoms with van der Waals surface area (Å²) >= 11 is 0.524. The van der Waals surface area contributed by atoms with Gasteiger partial charge >= 0.3 is 25.2 Å². The van der Waals surface area contributed by atoms with Crippen LogP contribution in [0.25, 0.3) is 0 Å². The predicted octanol–water partition coefficient (Wildman–Crippen LogP) is -0.241. The highest BCUT2D eigenvalue weighted by atomic mass is 28.4. The van der Waals surface area contributed by atoms with Crippen molar-refractivity contribution in [2.24, 2.45) is 0 Å². The summed E-state index contributed by atoms with van der Waals surface area (Å²) in [6, 6.07) is 0. The van der Waals surface area contributed by atoms with E-state index < -0.39 is 14.3 Å². The second-order valence-electron chi connectivity index (χ2n) is 3.04. The average Bonchev–Trinajstić information content (AvgIpc) is 2.27. The first-order valence-corrected chi connectivity index (χ1v) is 7.91. The van der Waals surface area contributed by atoms with Crippen molar-refractivity contribution >= 4 is 31.2 Å². The molecule has 0 aromatic carbocycles. The second-order valence-corrected chi connectivity index (χ2v) is 6.97. The maximum atomic E-state index is 9.62. The largest absolute Gasteiger partial charge is 0.622 e. The molecule has 1 atom stereocenters. The Morgan fingerprint density at radius 3 is 1.87 bits per heavy atom. The lowest BCUT2D eigenvalue weighted by atomic mass is 10.5. The van der Waals surface area contributed by atoms with Gasteiger partial charge in [-0.3, -0.25) is 4.79 Å². The van der Waals surface area contributed by atoms with Crippen molar-refractivity contribution in [2.75, 3.05) is 14.2 Å². The van der Waals surface area contributed by atoms with Gasteiger partial charge in [-0.2, -0.15) is 0 Å². The lowest BCUT2D eigenvalue weighted by molar-refractivity contribution is -0.131. The van der Waals surface area contributed by atoms with Crippen LogP contribution in [0.3, 0.4) is 0 Å². The molecule has 0 aromatic rings. The van der Waals surface area contributed by atoms with Gasteiger partial charge in [-0.1, -0.05) is 6.92 Å². The number of carbonyl (C=O) groups is 1. The maximum absolute atomic E-state index is 9.62. The van der Waals surface area contributed by atoms with E-state index in [0.717, 1.165) is 0 Å². The predicted molar refractivity (Wildman–Crippen MR) is 62.2 cm³/mol. The quantitative estimate of drug-likeness (QED) is 0.700. The van der Waals surface area contributed by atoms with E-state index in [-0.39, 0.29) is 5.97 Å². The molecular weight excluding hydrogens is 231 g/mol. The molecule has 1 unspecified atom stereocenters. The van der Waals surface area contributed by atoms with Crippen molar-refractivity contribution in [3.05, 3.63) is 0 Å². The molecule has 5 nitrogen and oxygen atoms in total. The van der Waals surface area contributed by atoms with Gasteiger partial charge in [0.05, 0.1) is 5.73 Å². The zero-order valence-electron chi connectivity index (χ0n) is 10.4. The van der Waals surface area contributed by atoms with Crippen LogP contribution in [0, 0.1) is 0 Å². The highest BCUT2D eigenvalue weighted by Crippen LogP contribution is 2.12. The van der Waals surface area contributed by atoms with Crippen LogP contribution < -0.4 is 0 Å². The molecule has 0 aromatic heterocycles. The maximum Gasteiger partial charge on any atom is 0.499 e. The minimum Gasteiger partial charge on any atom is -0.622 e. The van der Waals surface area contributed by atoms with E-state index in [1.807, 2.05) is 13.5 Å². The summed E-state index contributed by atoms with van der Waals surface area (Å²) in [5, 5.41) is 9.39. The standard InChI is InChI=1S/C6H16O3Si.C2H4O2.Al.2H/c1-5-6(7)10(4,8-2)9-3;1-2(3)4;;;/h6-7H,5H2,1-4H3;1H3,(H,3,4);;;/q;;+1;;/p-1. The van der Waals surface area contributed by atoms with E-state index >= 15 is 0 Å². The molecule has 0 saturated heterocycles. The summed E-state index contributed by atoms with van der Waals surface area (Å²) in [5.41, 5.74) is -0.428. The summed E-state index contributed by atoms with van der Waals surface area (Å²) in [7, 11) is 0.911. The van der Waals surface area contributed by atoms with Crippen molar-refractivity contribution in [3.63, 3.8) is 0 Å². The molecule has 0 saturated carbocycles. The van der Waals surface area contributed by atoms with Crippen molar-refractivity contribution in [2.45, 2.75) is 32.5 Å². The molecule has 0 rings (SSSR count). The monoisotopic (exact) mass is 252 g/mol. The van der Waals surface area contributed by atoms with Gasteiger partial charge in [0.2, 0.25) is 0 Å². The summed E-state index contributed by atoms with van der Waals surface area (Å²) in [6.07, 6.45) is 0.685. The topological polar surface area (TPSA) is 65.0 Å². The Hall–Kier alpha value is 0.0994. The van der Waals surface area contributed by atoms with Crippen molar-refractivity contribution in [1.82, 2.24) is 0 Å². The van der Waals surface area contributed by atoms with E-state index in [2.05, 4.69) is 3.79 Å². The van der Waals surface area contributed by atoms with Gasteiger partial charge in [-0.15, -0.1) is 0 Å². The van der Waals surface area contributed by atoms with Gasteiger partial charge in [0, 0.05) is 21.1 Å². The molecule has 0 bridgehead atoms. The average molecular weight is 252 g/mol. The Morgan fingerprint density at radius 1 is 1.47 bits per heavy atom. The zero-order chi connectivity index (χ0) is 12.5. The van der Waals surface area contributed by atoms with E-state index in [9.17, 15) is 9.90 Å². The Kier molecular flexibility index (Phi) is 10.9. The molecule has 15 heavy (non-hydrogen) atoms. The van der Waals surface area contributed by atoms with Crippen LogP contribution in [-0.4, -0.2) is 56.2 Å². The second kappa shape index (κ2) is 9.33. The fourth-order valence-corrected chi connectivity index (χ4v) is 2.18. The van der Waals surface area contributed by atoms with Gasteiger partial charge < -0.3 is 17.7 Å². The number of hydrogen-bond donors (Lipinski definition) is 1. The molecule has 0 aliphatic carbocycles. The molecular formula is C8H21AlO5Si. The fraction of sp³-hybridized carbons (Fsp3) is 0.875. The molecule has 0 amide bonds. The van der Waals surface area contributed by atoms with E-state index in [0.29, 0.717) is 23.0 Å². The third kappa shape index (κ3) is 7.96. The van der Waals surface area contributed by atoms with Gasteiger partial charge in [0.15, 0.2) is 0 Å². The molecule has 0 radical (unpaired) electrons. The van der Waals surface area contributed by atoms with Crippen molar-refractivity contribution in [3.8, 4) is 0 Å². The molecule has 0 aliphatic rings. The van der Waals surface area contributed by atoms with E-state index in [1.54, 1.807) is 14.2 Å². The van der Waals surface area contributed by atoms with Gasteiger partial charge in [-0.05, 0) is 13.0 Å². The summed E-state index contributed by atoms with van der Waals surface area (Å²) in [5.74, 6) is -0.184. The smallest absolute Gasteiger partial charge is 0.499 e. The third-order valence-corrected chi connectivity index (χ3v) is 5.91. The minimum absolute atomic E-state index is 0.184. The van der Waals surface area contributed by atoms with Gasteiger partial charge in [-0.25, -0.2) is 0 Å². The first kappa shape index (κ1) is 17.5. The lowest BCUT2D eigenvalue weighted by Crippen LogP contribution is -2.48. The van der Waals surface area contributed by atoms with Gasteiger partial charge in [0.25, 0.3) is 5.97 Å². The van der Waals surface area contributed by atoms with Gasteiger partial charge in [0.1, 0.15) is 0 Å². The van der Waals surface area contributed by atoms with Crippen LogP contribution in [0.5, 0.6) is 0 Å². The SMILES string of the molecule is CC(=O)[O][AlH2].CCC(O)[Si](C)(OC)OC. The van der Waals surface area contributed by atoms with Crippen LogP contribution in [0.1, 0.15) is 20.3 Å². The Balaban J connectivity index is 0. The molecule has 0 heterocycles. The Morgan fingerprint density at radius 2 is 1.80 bits per heavy atom. The Bertz CT molecular complexity index is 174. The third-order valence-electron chi connectivity index (χ3n) is 2.09. The highest BCUT2D eigenvalue weighted by molar-refractivity contribution is 6.67. The summed E-state index contributed by atoms with van der Waals surface area (Å²) in [6.45, 7) is 5.15. The van der Waals surface area contributed by atoms with Crippen molar-refractivity contribution < 1.29 is 22.5 Å². The zero-order valence-corrected chi connectivity index (χ0v) is 13.4. The first-order valence-electron chi connectivity index (χ1n) is 4.70. The lowest BCUT2D eigenvalue weighted by Gasteiger charge is -2.26. The van der Waals surface area contributed by atoms with E-state index in [4.69, 9.17) is 8.85 Å². The molecule has 0 spiro atoms. The Labute approximate surface area is 101 Å². The molecule has 1 N–H and O–H groups in total. The molecule has 7 heteroatoms.